The van der Waals surface area contributed by atoms with Crippen molar-refractivity contribution in [2.75, 3.05) is 19.5 Å². The summed E-state index contributed by atoms with van der Waals surface area (Å²) in [5.74, 6) is -0.336. The van der Waals surface area contributed by atoms with Crippen molar-refractivity contribution >= 4 is 15.6 Å². The summed E-state index contributed by atoms with van der Waals surface area (Å²) in [7, 11) is -3.34. The van der Waals surface area contributed by atoms with Crippen molar-refractivity contribution < 1.29 is 17.9 Å². The molecule has 1 aliphatic heterocycles. The lowest BCUT2D eigenvalue weighted by Gasteiger charge is -2.28. The third-order valence-corrected chi connectivity index (χ3v) is 5.17. The molecule has 1 fully saturated rings. The Balaban J connectivity index is 2.83. The van der Waals surface area contributed by atoms with E-state index in [-0.39, 0.29) is 11.7 Å². The number of carbonyl (C=O) groups is 1. The maximum absolute atomic E-state index is 12.0. The van der Waals surface area contributed by atoms with E-state index >= 15 is 0 Å². The Morgan fingerprint density at radius 3 is 2.13 bits per heavy atom. The summed E-state index contributed by atoms with van der Waals surface area (Å²) in [5, 5.41) is 0. The van der Waals surface area contributed by atoms with Gasteiger partial charge in [0.1, 0.15) is 4.75 Å². The predicted molar refractivity (Wildman–Crippen MR) is 57.5 cm³/mol. The number of hydrogen-bond acceptors (Lipinski definition) is 4. The summed E-state index contributed by atoms with van der Waals surface area (Å²) >= 11 is 0. The number of ketones is 1. The minimum atomic E-state index is -3.34. The van der Waals surface area contributed by atoms with Gasteiger partial charge in [-0.3, -0.25) is 4.79 Å². The van der Waals surface area contributed by atoms with E-state index in [9.17, 15) is 13.2 Å². The number of hydrogen-bond donors (Lipinski definition) is 0. The van der Waals surface area contributed by atoms with E-state index in [1.54, 1.807) is 0 Å². The van der Waals surface area contributed by atoms with Gasteiger partial charge in [0.15, 0.2) is 15.6 Å². The summed E-state index contributed by atoms with van der Waals surface area (Å²) in [6, 6.07) is 0. The first-order valence-electron chi connectivity index (χ1n) is 5.08. The van der Waals surface area contributed by atoms with Gasteiger partial charge in [0.2, 0.25) is 0 Å². The van der Waals surface area contributed by atoms with Crippen LogP contribution in [-0.2, 0) is 19.4 Å². The van der Waals surface area contributed by atoms with Gasteiger partial charge >= 0.3 is 0 Å². The van der Waals surface area contributed by atoms with Gasteiger partial charge in [-0.25, -0.2) is 8.42 Å². The minimum Gasteiger partial charge on any atom is -0.381 e. The second kappa shape index (κ2) is 4.22. The van der Waals surface area contributed by atoms with E-state index in [0.29, 0.717) is 26.1 Å². The van der Waals surface area contributed by atoms with E-state index in [2.05, 4.69) is 0 Å². The molecule has 0 amide bonds. The SMILES string of the molecule is CC(C)(C(=O)C1CCOCC1)S(C)(=O)=O. The van der Waals surface area contributed by atoms with Crippen LogP contribution < -0.4 is 0 Å². The zero-order valence-electron chi connectivity index (χ0n) is 9.45. The monoisotopic (exact) mass is 234 g/mol. The fourth-order valence-corrected chi connectivity index (χ4v) is 2.17. The van der Waals surface area contributed by atoms with E-state index in [1.165, 1.54) is 13.8 Å². The normalized spacial score (nSPS) is 20.2. The first kappa shape index (κ1) is 12.6. The maximum Gasteiger partial charge on any atom is 0.159 e. The fraction of sp³-hybridized carbons (Fsp3) is 0.900. The highest BCUT2D eigenvalue weighted by Gasteiger charge is 2.42. The molecule has 0 aromatic heterocycles. The molecule has 0 spiro atoms. The highest BCUT2D eigenvalue weighted by Crippen LogP contribution is 2.26. The second-order valence-electron chi connectivity index (χ2n) is 4.53. The molecule has 1 aliphatic rings. The van der Waals surface area contributed by atoms with Crippen molar-refractivity contribution in [3.8, 4) is 0 Å². The second-order valence-corrected chi connectivity index (χ2v) is 7.10. The summed E-state index contributed by atoms with van der Waals surface area (Å²) in [6.07, 6.45) is 2.39. The van der Waals surface area contributed by atoms with Crippen LogP contribution in [0.1, 0.15) is 26.7 Å². The van der Waals surface area contributed by atoms with E-state index in [1.807, 2.05) is 0 Å². The molecule has 0 aromatic rings. The van der Waals surface area contributed by atoms with Crippen LogP contribution in [-0.4, -0.2) is 38.4 Å². The Kier molecular flexibility index (Phi) is 3.55. The molecule has 1 saturated heterocycles. The summed E-state index contributed by atoms with van der Waals surface area (Å²) in [4.78, 5) is 12.0. The van der Waals surface area contributed by atoms with E-state index in [4.69, 9.17) is 4.74 Å². The standard InChI is InChI=1S/C10H18O4S/c1-10(2,15(3,12)13)9(11)8-4-6-14-7-5-8/h8H,4-7H2,1-3H3. The highest BCUT2D eigenvalue weighted by molar-refractivity contribution is 7.92. The Morgan fingerprint density at radius 2 is 1.73 bits per heavy atom. The molecule has 1 heterocycles. The quantitative estimate of drug-likeness (QED) is 0.725. The van der Waals surface area contributed by atoms with Gasteiger partial charge < -0.3 is 4.74 Å². The third-order valence-electron chi connectivity index (χ3n) is 3.11. The molecule has 5 heteroatoms. The molecular formula is C10H18O4S. The van der Waals surface area contributed by atoms with Crippen LogP contribution in [0.2, 0.25) is 0 Å². The third kappa shape index (κ3) is 2.58. The van der Waals surface area contributed by atoms with Gasteiger partial charge in [0.25, 0.3) is 0 Å². The van der Waals surface area contributed by atoms with Crippen LogP contribution in [0, 0.1) is 5.92 Å². The van der Waals surface area contributed by atoms with E-state index in [0.717, 1.165) is 6.26 Å². The molecule has 0 unspecified atom stereocenters. The van der Waals surface area contributed by atoms with Crippen molar-refractivity contribution in [1.29, 1.82) is 0 Å². The largest absolute Gasteiger partial charge is 0.381 e. The van der Waals surface area contributed by atoms with Gasteiger partial charge in [0.05, 0.1) is 0 Å². The first-order chi connectivity index (χ1) is 6.77. The van der Waals surface area contributed by atoms with Crippen molar-refractivity contribution in [2.45, 2.75) is 31.4 Å². The highest BCUT2D eigenvalue weighted by atomic mass is 32.2. The van der Waals surface area contributed by atoms with Crippen LogP contribution in [0.3, 0.4) is 0 Å². The molecule has 0 atom stereocenters. The van der Waals surface area contributed by atoms with Crippen molar-refractivity contribution in [2.24, 2.45) is 5.92 Å². The lowest BCUT2D eigenvalue weighted by Crippen LogP contribution is -2.45. The van der Waals surface area contributed by atoms with Crippen molar-refractivity contribution in [3.63, 3.8) is 0 Å². The summed E-state index contributed by atoms with van der Waals surface area (Å²) < 4.78 is 26.8. The van der Waals surface area contributed by atoms with Crippen LogP contribution in [0.4, 0.5) is 0 Å². The molecule has 0 N–H and O–H groups in total. The average molecular weight is 234 g/mol. The Bertz CT molecular complexity index is 336. The van der Waals surface area contributed by atoms with Gasteiger partial charge in [-0.15, -0.1) is 0 Å². The van der Waals surface area contributed by atoms with Gasteiger partial charge in [-0.1, -0.05) is 0 Å². The Hall–Kier alpha value is -0.420. The molecule has 88 valence electrons. The number of sulfone groups is 1. The smallest absolute Gasteiger partial charge is 0.159 e. The average Bonchev–Trinajstić information content (AvgIpc) is 2.16. The van der Waals surface area contributed by atoms with Crippen molar-refractivity contribution in [3.05, 3.63) is 0 Å². The number of ether oxygens (including phenoxy) is 1. The maximum atomic E-state index is 12.0. The van der Waals surface area contributed by atoms with Crippen LogP contribution in [0.15, 0.2) is 0 Å². The predicted octanol–water partition coefficient (Wildman–Crippen LogP) is 0.805. The molecule has 0 radical (unpaired) electrons. The molecule has 0 saturated carbocycles. The lowest BCUT2D eigenvalue weighted by atomic mass is 9.88. The minimum absolute atomic E-state index is 0.163. The molecule has 1 rings (SSSR count). The topological polar surface area (TPSA) is 60.4 Å². The van der Waals surface area contributed by atoms with Gasteiger partial charge in [-0.05, 0) is 26.7 Å². The molecular weight excluding hydrogens is 216 g/mol. The Labute approximate surface area is 90.9 Å². The number of carbonyl (C=O) groups excluding carboxylic acids is 1. The van der Waals surface area contributed by atoms with Crippen LogP contribution >= 0.6 is 0 Å². The number of Topliss-reactive ketones (excluding diaryl/α,β-unsaturated/α-hetero) is 1. The molecule has 15 heavy (non-hydrogen) atoms. The van der Waals surface area contributed by atoms with Crippen LogP contribution in [0.25, 0.3) is 0 Å². The number of rotatable bonds is 3. The fourth-order valence-electron chi connectivity index (χ4n) is 1.63. The lowest BCUT2D eigenvalue weighted by molar-refractivity contribution is -0.127. The van der Waals surface area contributed by atoms with E-state index < -0.39 is 14.6 Å². The molecule has 0 aliphatic carbocycles. The van der Waals surface area contributed by atoms with Gasteiger partial charge in [-0.2, -0.15) is 0 Å². The zero-order chi connectivity index (χ0) is 11.7. The molecule has 0 bridgehead atoms. The zero-order valence-corrected chi connectivity index (χ0v) is 10.3. The summed E-state index contributed by atoms with van der Waals surface area (Å²) in [6.45, 7) is 4.08. The Morgan fingerprint density at radius 1 is 1.27 bits per heavy atom. The molecule has 4 nitrogen and oxygen atoms in total. The first-order valence-corrected chi connectivity index (χ1v) is 6.97. The van der Waals surface area contributed by atoms with Crippen LogP contribution in [0.5, 0.6) is 0 Å². The summed E-state index contributed by atoms with van der Waals surface area (Å²) in [5.41, 5.74) is 0. The molecule has 0 aromatic carbocycles. The van der Waals surface area contributed by atoms with Crippen molar-refractivity contribution in [1.82, 2.24) is 0 Å². The van der Waals surface area contributed by atoms with Gasteiger partial charge in [0, 0.05) is 25.4 Å².